The van der Waals surface area contributed by atoms with E-state index < -0.39 is 0 Å². The van der Waals surface area contributed by atoms with Crippen LogP contribution in [0.2, 0.25) is 0 Å². The number of rotatable bonds is 11. The van der Waals surface area contributed by atoms with Crippen LogP contribution in [-0.2, 0) is 9.59 Å². The molecular formula is C31H43N3O3. The minimum absolute atomic E-state index is 0.157. The summed E-state index contributed by atoms with van der Waals surface area (Å²) in [5.41, 5.74) is 3.41. The first kappa shape index (κ1) is 27.2. The molecule has 2 amide bonds. The molecule has 37 heavy (non-hydrogen) atoms. The van der Waals surface area contributed by atoms with Crippen LogP contribution >= 0.6 is 0 Å². The first-order valence-electron chi connectivity index (χ1n) is 14.0. The molecule has 4 rings (SSSR count). The summed E-state index contributed by atoms with van der Waals surface area (Å²) in [6, 6.07) is 16.8. The van der Waals surface area contributed by atoms with Crippen molar-refractivity contribution >= 4 is 17.5 Å². The van der Waals surface area contributed by atoms with E-state index in [9.17, 15) is 9.59 Å². The highest BCUT2D eigenvalue weighted by Crippen LogP contribution is 2.35. The number of methoxy groups -OCH3 is 1. The van der Waals surface area contributed by atoms with Crippen LogP contribution in [0.1, 0.15) is 68.9 Å². The highest BCUT2D eigenvalue weighted by molar-refractivity contribution is 5.95. The monoisotopic (exact) mass is 505 g/mol. The summed E-state index contributed by atoms with van der Waals surface area (Å²) >= 11 is 0. The van der Waals surface area contributed by atoms with Gasteiger partial charge in [0.15, 0.2) is 0 Å². The number of unbranched alkanes of at least 4 members (excludes halogenated alkanes) is 1. The number of benzene rings is 2. The number of ether oxygens (including phenoxy) is 1. The molecular weight excluding hydrogens is 462 g/mol. The maximum absolute atomic E-state index is 13.8. The van der Waals surface area contributed by atoms with Crippen LogP contribution in [0.25, 0.3) is 0 Å². The summed E-state index contributed by atoms with van der Waals surface area (Å²) in [6.45, 7) is 7.85. The van der Waals surface area contributed by atoms with Crippen molar-refractivity contribution < 1.29 is 14.3 Å². The fourth-order valence-electron chi connectivity index (χ4n) is 5.79. The summed E-state index contributed by atoms with van der Waals surface area (Å²) in [6.07, 6.45) is 6.68. The Labute approximate surface area is 222 Å². The van der Waals surface area contributed by atoms with Crippen LogP contribution in [-0.4, -0.2) is 67.5 Å². The van der Waals surface area contributed by atoms with Crippen LogP contribution in [0.5, 0.6) is 5.75 Å². The number of hydrogen-bond donors (Lipinski definition) is 0. The molecule has 0 saturated carbocycles. The van der Waals surface area contributed by atoms with Gasteiger partial charge in [-0.2, -0.15) is 0 Å². The minimum Gasteiger partial charge on any atom is -0.497 e. The van der Waals surface area contributed by atoms with Gasteiger partial charge in [-0.15, -0.1) is 0 Å². The second kappa shape index (κ2) is 13.1. The van der Waals surface area contributed by atoms with E-state index in [0.29, 0.717) is 18.9 Å². The predicted octanol–water partition coefficient (Wildman–Crippen LogP) is 5.40. The molecule has 2 saturated heterocycles. The van der Waals surface area contributed by atoms with Gasteiger partial charge in [0, 0.05) is 44.3 Å². The van der Waals surface area contributed by atoms with Crippen molar-refractivity contribution in [3.63, 3.8) is 0 Å². The molecule has 0 aliphatic carbocycles. The molecule has 6 heteroatoms. The van der Waals surface area contributed by atoms with E-state index in [2.05, 4.69) is 43.0 Å². The van der Waals surface area contributed by atoms with E-state index in [0.717, 1.165) is 81.7 Å². The number of nitrogens with zero attached hydrogens (tertiary/aromatic N) is 3. The van der Waals surface area contributed by atoms with Gasteiger partial charge in [0.05, 0.1) is 13.7 Å². The molecule has 2 aromatic carbocycles. The molecule has 2 unspecified atom stereocenters. The second-order valence-corrected chi connectivity index (χ2v) is 10.7. The number of carbonyl (C=O) groups excluding carboxylic acids is 2. The molecule has 200 valence electrons. The predicted molar refractivity (Wildman–Crippen MR) is 149 cm³/mol. The summed E-state index contributed by atoms with van der Waals surface area (Å²) in [7, 11) is 1.70. The molecule has 2 heterocycles. The van der Waals surface area contributed by atoms with Gasteiger partial charge in [-0.1, -0.05) is 37.6 Å². The smallest absolute Gasteiger partial charge is 0.241 e. The maximum Gasteiger partial charge on any atom is 0.241 e. The zero-order valence-electron chi connectivity index (χ0n) is 22.8. The standard InChI is InChI=1S/C31H43N3O3/c1-4-5-17-34(28-12-8-10-24(2)19-28)31(36)23-33-22-26(25-11-9-13-29(21-25)37-3)20-27(33)15-18-32-16-7-6-14-30(32)35/h8-13,19,21,26-27H,4-7,14-18,20,22-23H2,1-3H3. The van der Waals surface area contributed by atoms with E-state index in [1.54, 1.807) is 7.11 Å². The normalized spacial score (nSPS) is 20.3. The first-order valence-corrected chi connectivity index (χ1v) is 14.0. The molecule has 2 aliphatic rings. The molecule has 0 spiro atoms. The molecule has 0 bridgehead atoms. The van der Waals surface area contributed by atoms with Crippen LogP contribution in [0.15, 0.2) is 48.5 Å². The van der Waals surface area contributed by atoms with Crippen molar-refractivity contribution in [2.75, 3.05) is 44.7 Å². The molecule has 2 atom stereocenters. The number of hydrogen-bond acceptors (Lipinski definition) is 4. The molecule has 2 fully saturated rings. The van der Waals surface area contributed by atoms with Crippen molar-refractivity contribution in [1.82, 2.24) is 9.80 Å². The molecule has 6 nitrogen and oxygen atoms in total. The lowest BCUT2D eigenvalue weighted by Gasteiger charge is -2.31. The fourth-order valence-corrected chi connectivity index (χ4v) is 5.79. The average Bonchev–Trinajstić information content (AvgIpc) is 3.31. The van der Waals surface area contributed by atoms with E-state index in [1.165, 1.54) is 5.56 Å². The Morgan fingerprint density at radius 3 is 2.73 bits per heavy atom. The number of carbonyl (C=O) groups is 2. The Morgan fingerprint density at radius 2 is 1.97 bits per heavy atom. The van der Waals surface area contributed by atoms with Crippen molar-refractivity contribution in [2.24, 2.45) is 0 Å². The Kier molecular flexibility index (Phi) is 9.62. The zero-order valence-corrected chi connectivity index (χ0v) is 22.8. The van der Waals surface area contributed by atoms with Gasteiger partial charge in [-0.05, 0) is 80.3 Å². The van der Waals surface area contributed by atoms with Crippen molar-refractivity contribution in [2.45, 2.75) is 70.8 Å². The first-order chi connectivity index (χ1) is 18.0. The Balaban J connectivity index is 1.51. The third kappa shape index (κ3) is 7.13. The largest absolute Gasteiger partial charge is 0.497 e. The maximum atomic E-state index is 13.8. The Hall–Kier alpha value is -2.86. The van der Waals surface area contributed by atoms with Gasteiger partial charge >= 0.3 is 0 Å². The Morgan fingerprint density at radius 1 is 1.14 bits per heavy atom. The molecule has 2 aromatic rings. The molecule has 2 aliphatic heterocycles. The van der Waals surface area contributed by atoms with Crippen LogP contribution in [0.3, 0.4) is 0 Å². The second-order valence-electron chi connectivity index (χ2n) is 10.7. The van der Waals surface area contributed by atoms with Gasteiger partial charge in [-0.25, -0.2) is 0 Å². The number of aryl methyl sites for hydroxylation is 1. The number of amides is 2. The van der Waals surface area contributed by atoms with Gasteiger partial charge in [-0.3, -0.25) is 14.5 Å². The third-order valence-corrected chi connectivity index (χ3v) is 7.93. The molecule has 0 radical (unpaired) electrons. The van der Waals surface area contributed by atoms with Crippen molar-refractivity contribution in [3.8, 4) is 5.75 Å². The lowest BCUT2D eigenvalue weighted by molar-refractivity contribution is -0.133. The number of likely N-dealkylation sites (tertiary alicyclic amines) is 2. The number of piperidine rings is 1. The fraction of sp³-hybridized carbons (Fsp3) is 0.548. The van der Waals surface area contributed by atoms with E-state index >= 15 is 0 Å². The van der Waals surface area contributed by atoms with Crippen LogP contribution < -0.4 is 9.64 Å². The highest BCUT2D eigenvalue weighted by Gasteiger charge is 2.35. The highest BCUT2D eigenvalue weighted by atomic mass is 16.5. The minimum atomic E-state index is 0.157. The number of anilines is 1. The van der Waals surface area contributed by atoms with Crippen LogP contribution in [0, 0.1) is 6.92 Å². The van der Waals surface area contributed by atoms with E-state index in [-0.39, 0.29) is 17.9 Å². The summed E-state index contributed by atoms with van der Waals surface area (Å²) in [4.78, 5) is 32.6. The van der Waals surface area contributed by atoms with Gasteiger partial charge < -0.3 is 14.5 Å². The topological polar surface area (TPSA) is 53.1 Å². The van der Waals surface area contributed by atoms with Gasteiger partial charge in [0.25, 0.3) is 0 Å². The lowest BCUT2D eigenvalue weighted by atomic mass is 9.95. The van der Waals surface area contributed by atoms with Crippen LogP contribution in [0.4, 0.5) is 5.69 Å². The molecule has 0 N–H and O–H groups in total. The van der Waals surface area contributed by atoms with Gasteiger partial charge in [0.1, 0.15) is 5.75 Å². The quantitative estimate of drug-likeness (QED) is 0.411. The van der Waals surface area contributed by atoms with E-state index in [1.807, 2.05) is 34.1 Å². The van der Waals surface area contributed by atoms with E-state index in [4.69, 9.17) is 4.74 Å². The third-order valence-electron chi connectivity index (χ3n) is 7.93. The summed E-state index contributed by atoms with van der Waals surface area (Å²) in [5.74, 6) is 1.64. The molecule has 0 aromatic heterocycles. The van der Waals surface area contributed by atoms with Crippen molar-refractivity contribution in [1.29, 1.82) is 0 Å². The summed E-state index contributed by atoms with van der Waals surface area (Å²) < 4.78 is 5.48. The van der Waals surface area contributed by atoms with Crippen molar-refractivity contribution in [3.05, 3.63) is 59.7 Å². The lowest BCUT2D eigenvalue weighted by Crippen LogP contribution is -2.44. The van der Waals surface area contributed by atoms with Gasteiger partial charge in [0.2, 0.25) is 11.8 Å². The Bertz CT molecular complexity index is 1060. The zero-order chi connectivity index (χ0) is 26.2. The average molecular weight is 506 g/mol. The SMILES string of the molecule is CCCCN(C(=O)CN1CC(c2cccc(OC)c2)CC1CCN1CCCCC1=O)c1cccc(C)c1. The summed E-state index contributed by atoms with van der Waals surface area (Å²) in [5, 5.41) is 0.